The van der Waals surface area contributed by atoms with E-state index in [0.717, 1.165) is 37.9 Å². The number of amides is 1. The Morgan fingerprint density at radius 2 is 1.84 bits per heavy atom. The largest absolute Gasteiger partial charge is 0.355 e. The van der Waals surface area contributed by atoms with Gasteiger partial charge in [-0.25, -0.2) is 13.1 Å². The second kappa shape index (κ2) is 11.5. The molecule has 3 N–H and O–H groups in total. The number of piperidine rings is 1. The molecule has 0 saturated carbocycles. The number of sulfonamides is 1. The van der Waals surface area contributed by atoms with E-state index in [9.17, 15) is 13.2 Å². The highest BCUT2D eigenvalue weighted by Gasteiger charge is 2.15. The molecule has 0 unspecified atom stereocenters. The zero-order valence-corrected chi connectivity index (χ0v) is 16.0. The average Bonchev–Trinajstić information content (AvgIpc) is 2.60. The lowest BCUT2D eigenvalue weighted by Gasteiger charge is -2.22. The number of benzene rings is 1. The van der Waals surface area contributed by atoms with Crippen molar-refractivity contribution in [2.75, 3.05) is 25.4 Å². The molecule has 1 heterocycles. The van der Waals surface area contributed by atoms with Gasteiger partial charge in [0.2, 0.25) is 15.9 Å². The van der Waals surface area contributed by atoms with Crippen LogP contribution in [0.3, 0.4) is 0 Å². The summed E-state index contributed by atoms with van der Waals surface area (Å²) in [5.74, 6) is 0.443. The molecule has 1 amide bonds. The lowest BCUT2D eigenvalue weighted by molar-refractivity contribution is -0.121. The van der Waals surface area contributed by atoms with Crippen LogP contribution in [0.1, 0.15) is 31.2 Å². The first kappa shape index (κ1) is 21.9. The van der Waals surface area contributed by atoms with Crippen molar-refractivity contribution in [3.63, 3.8) is 0 Å². The SMILES string of the molecule is Cl.O=C(CCC1CCNCC1)NCCS(=O)(=O)NCc1ccccc1. The lowest BCUT2D eigenvalue weighted by Crippen LogP contribution is -2.34. The summed E-state index contributed by atoms with van der Waals surface area (Å²) in [6.45, 7) is 2.47. The number of hydrogen-bond donors (Lipinski definition) is 3. The number of carbonyl (C=O) groups excluding carboxylic acids is 1. The van der Waals surface area contributed by atoms with Crippen LogP contribution in [0.5, 0.6) is 0 Å². The lowest BCUT2D eigenvalue weighted by atomic mass is 9.93. The molecule has 0 bridgehead atoms. The summed E-state index contributed by atoms with van der Waals surface area (Å²) in [5, 5.41) is 6.01. The van der Waals surface area contributed by atoms with Gasteiger partial charge in [-0.3, -0.25) is 4.79 Å². The molecule has 0 aliphatic carbocycles. The van der Waals surface area contributed by atoms with E-state index in [1.807, 2.05) is 30.3 Å². The topological polar surface area (TPSA) is 87.3 Å². The van der Waals surface area contributed by atoms with Crippen LogP contribution in [0.15, 0.2) is 30.3 Å². The summed E-state index contributed by atoms with van der Waals surface area (Å²) < 4.78 is 26.4. The van der Waals surface area contributed by atoms with Crippen LogP contribution in [0.4, 0.5) is 0 Å². The van der Waals surface area contributed by atoms with E-state index in [2.05, 4.69) is 15.4 Å². The first-order chi connectivity index (χ1) is 11.6. The monoisotopic (exact) mass is 389 g/mol. The Kier molecular flexibility index (Phi) is 10.0. The van der Waals surface area contributed by atoms with Crippen molar-refractivity contribution in [3.05, 3.63) is 35.9 Å². The fraction of sp³-hybridized carbons (Fsp3) is 0.588. The molecular weight excluding hydrogens is 362 g/mol. The maximum atomic E-state index is 11.9. The van der Waals surface area contributed by atoms with E-state index in [0.29, 0.717) is 12.3 Å². The Morgan fingerprint density at radius 3 is 2.52 bits per heavy atom. The van der Waals surface area contributed by atoms with Gasteiger partial charge in [0.05, 0.1) is 5.75 Å². The number of carbonyl (C=O) groups is 1. The Balaban J connectivity index is 0.00000312. The van der Waals surface area contributed by atoms with Gasteiger partial charge < -0.3 is 10.6 Å². The molecule has 8 heteroatoms. The molecule has 25 heavy (non-hydrogen) atoms. The number of rotatable bonds is 9. The van der Waals surface area contributed by atoms with Crippen molar-refractivity contribution in [1.29, 1.82) is 0 Å². The van der Waals surface area contributed by atoms with Crippen molar-refractivity contribution >= 4 is 28.3 Å². The van der Waals surface area contributed by atoms with Crippen LogP contribution >= 0.6 is 12.4 Å². The van der Waals surface area contributed by atoms with Crippen molar-refractivity contribution < 1.29 is 13.2 Å². The highest BCUT2D eigenvalue weighted by atomic mass is 35.5. The van der Waals surface area contributed by atoms with E-state index < -0.39 is 10.0 Å². The van der Waals surface area contributed by atoms with E-state index in [4.69, 9.17) is 0 Å². The first-order valence-corrected chi connectivity index (χ1v) is 10.2. The van der Waals surface area contributed by atoms with Gasteiger partial charge in [-0.15, -0.1) is 12.4 Å². The average molecular weight is 390 g/mol. The minimum absolute atomic E-state index is 0. The van der Waals surface area contributed by atoms with Gasteiger partial charge in [0.25, 0.3) is 0 Å². The molecule has 142 valence electrons. The maximum absolute atomic E-state index is 11.9. The van der Waals surface area contributed by atoms with E-state index >= 15 is 0 Å². The molecule has 0 atom stereocenters. The summed E-state index contributed by atoms with van der Waals surface area (Å²) >= 11 is 0. The number of halogens is 1. The summed E-state index contributed by atoms with van der Waals surface area (Å²) in [6.07, 6.45) is 3.59. The van der Waals surface area contributed by atoms with Crippen LogP contribution in [-0.2, 0) is 21.4 Å². The molecule has 1 saturated heterocycles. The van der Waals surface area contributed by atoms with Crippen molar-refractivity contribution in [2.45, 2.75) is 32.2 Å². The minimum Gasteiger partial charge on any atom is -0.355 e. The van der Waals surface area contributed by atoms with Gasteiger partial charge >= 0.3 is 0 Å². The molecule has 1 aromatic rings. The zero-order chi connectivity index (χ0) is 17.3. The Hall–Kier alpha value is -1.15. The molecule has 6 nitrogen and oxygen atoms in total. The predicted molar refractivity (Wildman–Crippen MR) is 102 cm³/mol. The third-order valence-corrected chi connectivity index (χ3v) is 5.60. The van der Waals surface area contributed by atoms with Gasteiger partial charge in [0.1, 0.15) is 0 Å². The van der Waals surface area contributed by atoms with Gasteiger partial charge in [-0.05, 0) is 43.8 Å². The van der Waals surface area contributed by atoms with E-state index in [1.54, 1.807) is 0 Å². The molecule has 0 radical (unpaired) electrons. The van der Waals surface area contributed by atoms with E-state index in [-0.39, 0.29) is 37.2 Å². The van der Waals surface area contributed by atoms with Gasteiger partial charge in [0.15, 0.2) is 0 Å². The molecule has 0 spiro atoms. The van der Waals surface area contributed by atoms with Crippen LogP contribution in [0, 0.1) is 5.92 Å². The second-order valence-electron chi connectivity index (χ2n) is 6.21. The number of nitrogens with one attached hydrogen (secondary N) is 3. The fourth-order valence-corrected chi connectivity index (χ4v) is 3.68. The molecule has 1 fully saturated rings. The van der Waals surface area contributed by atoms with Gasteiger partial charge in [0, 0.05) is 19.5 Å². The first-order valence-electron chi connectivity index (χ1n) is 8.54. The van der Waals surface area contributed by atoms with Gasteiger partial charge in [-0.1, -0.05) is 30.3 Å². The van der Waals surface area contributed by atoms with Crippen LogP contribution in [0.2, 0.25) is 0 Å². The highest BCUT2D eigenvalue weighted by molar-refractivity contribution is 7.89. The third-order valence-electron chi connectivity index (χ3n) is 4.27. The molecule has 2 rings (SSSR count). The predicted octanol–water partition coefficient (Wildman–Crippen LogP) is 1.42. The maximum Gasteiger partial charge on any atom is 0.220 e. The Labute approximate surface area is 156 Å². The van der Waals surface area contributed by atoms with Crippen molar-refractivity contribution in [1.82, 2.24) is 15.4 Å². The quantitative estimate of drug-likeness (QED) is 0.596. The summed E-state index contributed by atoms with van der Waals surface area (Å²) in [6, 6.07) is 9.35. The number of hydrogen-bond acceptors (Lipinski definition) is 4. The summed E-state index contributed by atoms with van der Waals surface area (Å²) in [7, 11) is -3.38. The Morgan fingerprint density at radius 1 is 1.16 bits per heavy atom. The van der Waals surface area contributed by atoms with Gasteiger partial charge in [-0.2, -0.15) is 0 Å². The van der Waals surface area contributed by atoms with Crippen molar-refractivity contribution in [3.8, 4) is 0 Å². The summed E-state index contributed by atoms with van der Waals surface area (Å²) in [4.78, 5) is 11.8. The van der Waals surface area contributed by atoms with Crippen molar-refractivity contribution in [2.24, 2.45) is 5.92 Å². The normalized spacial score (nSPS) is 15.4. The Bertz CT molecular complexity index is 605. The standard InChI is InChI=1S/C17H27N3O3S.ClH/c21-17(7-6-15-8-10-18-11-9-15)19-12-13-24(22,23)20-14-16-4-2-1-3-5-16;/h1-5,15,18,20H,6-14H2,(H,19,21);1H. The van der Waals surface area contributed by atoms with Crippen LogP contribution in [0.25, 0.3) is 0 Å². The third kappa shape index (κ3) is 9.21. The summed E-state index contributed by atoms with van der Waals surface area (Å²) in [5.41, 5.74) is 0.909. The molecular formula is C17H28ClN3O3S. The molecule has 1 aromatic carbocycles. The van der Waals surface area contributed by atoms with Crippen LogP contribution in [-0.4, -0.2) is 39.7 Å². The van der Waals surface area contributed by atoms with E-state index in [1.165, 1.54) is 0 Å². The molecule has 0 aromatic heterocycles. The molecule has 1 aliphatic rings. The zero-order valence-electron chi connectivity index (χ0n) is 14.4. The smallest absolute Gasteiger partial charge is 0.220 e. The van der Waals surface area contributed by atoms with Crippen LogP contribution < -0.4 is 15.4 Å². The molecule has 1 aliphatic heterocycles. The minimum atomic E-state index is -3.38. The highest BCUT2D eigenvalue weighted by Crippen LogP contribution is 2.17. The fourth-order valence-electron chi connectivity index (χ4n) is 2.78. The second-order valence-corrected chi connectivity index (χ2v) is 8.13.